The van der Waals surface area contributed by atoms with Crippen LogP contribution < -0.4 is 10.6 Å². The second-order valence-corrected chi connectivity index (χ2v) is 8.32. The van der Waals surface area contributed by atoms with Gasteiger partial charge in [0.25, 0.3) is 0 Å². The fraction of sp³-hybridized carbons (Fsp3) is 1.00. The molecule has 2 bridgehead atoms. The maximum Gasteiger partial charge on any atom is 0.0573 e. The second kappa shape index (κ2) is 4.96. The molecule has 7 atom stereocenters. The molecule has 3 nitrogen and oxygen atoms in total. The first-order valence-corrected chi connectivity index (χ1v) is 8.86. The van der Waals surface area contributed by atoms with Crippen molar-refractivity contribution in [2.75, 3.05) is 19.6 Å². The Kier molecular flexibility index (Phi) is 3.36. The van der Waals surface area contributed by atoms with Crippen molar-refractivity contribution < 1.29 is 0 Å². The maximum atomic E-state index is 3.91. The molecule has 4 aliphatic rings. The standard InChI is InChI=1S/C17H31N3/c1-10(2)9-20-11(3)19-16-5-14-12-4-13(8-18-7-12)15(14)6-17(16)20/h10-19H,4-9H2,1-3H3. The van der Waals surface area contributed by atoms with Crippen molar-refractivity contribution in [3.63, 3.8) is 0 Å². The van der Waals surface area contributed by atoms with Gasteiger partial charge in [-0.2, -0.15) is 0 Å². The summed E-state index contributed by atoms with van der Waals surface area (Å²) in [5.74, 6) is 4.76. The van der Waals surface area contributed by atoms with Crippen LogP contribution in [0.4, 0.5) is 0 Å². The predicted molar refractivity (Wildman–Crippen MR) is 82.4 cm³/mol. The highest BCUT2D eigenvalue weighted by molar-refractivity contribution is 5.07. The molecule has 2 saturated heterocycles. The van der Waals surface area contributed by atoms with Gasteiger partial charge in [-0.25, -0.2) is 0 Å². The van der Waals surface area contributed by atoms with Gasteiger partial charge in [-0.05, 0) is 68.9 Å². The van der Waals surface area contributed by atoms with E-state index in [1.807, 2.05) is 0 Å². The highest BCUT2D eigenvalue weighted by Crippen LogP contribution is 2.52. The number of piperidine rings is 1. The Balaban J connectivity index is 1.53. The molecule has 114 valence electrons. The van der Waals surface area contributed by atoms with E-state index in [1.54, 1.807) is 0 Å². The molecular weight excluding hydrogens is 246 g/mol. The van der Waals surface area contributed by atoms with Gasteiger partial charge in [-0.15, -0.1) is 0 Å². The van der Waals surface area contributed by atoms with Crippen molar-refractivity contribution >= 4 is 0 Å². The summed E-state index contributed by atoms with van der Waals surface area (Å²) in [5.41, 5.74) is 0. The van der Waals surface area contributed by atoms with Crippen LogP contribution in [-0.4, -0.2) is 42.8 Å². The van der Waals surface area contributed by atoms with Crippen molar-refractivity contribution in [3.05, 3.63) is 0 Å². The van der Waals surface area contributed by atoms with Crippen LogP contribution in [0.1, 0.15) is 40.0 Å². The number of hydrogen-bond donors (Lipinski definition) is 2. The van der Waals surface area contributed by atoms with Gasteiger partial charge in [-0.1, -0.05) is 13.8 Å². The minimum Gasteiger partial charge on any atom is -0.316 e. The van der Waals surface area contributed by atoms with E-state index in [0.29, 0.717) is 6.17 Å². The van der Waals surface area contributed by atoms with E-state index in [9.17, 15) is 0 Å². The lowest BCUT2D eigenvalue weighted by Gasteiger charge is -2.40. The van der Waals surface area contributed by atoms with Crippen molar-refractivity contribution in [2.24, 2.45) is 29.6 Å². The Morgan fingerprint density at radius 2 is 1.75 bits per heavy atom. The number of hydrogen-bond acceptors (Lipinski definition) is 3. The Morgan fingerprint density at radius 1 is 1.05 bits per heavy atom. The monoisotopic (exact) mass is 277 g/mol. The third-order valence-corrected chi connectivity index (χ3v) is 6.64. The SMILES string of the molecule is CC(C)CN1C(C)NC2CC3C4CNCC(C4)C3CC21. The summed E-state index contributed by atoms with van der Waals surface area (Å²) in [6, 6.07) is 1.58. The predicted octanol–water partition coefficient (Wildman–Crippen LogP) is 1.90. The molecule has 0 aromatic carbocycles. The zero-order chi connectivity index (χ0) is 13.9. The highest BCUT2D eigenvalue weighted by atomic mass is 15.4. The molecule has 0 aromatic rings. The van der Waals surface area contributed by atoms with Crippen molar-refractivity contribution in [1.29, 1.82) is 0 Å². The van der Waals surface area contributed by atoms with E-state index in [0.717, 1.165) is 41.7 Å². The highest BCUT2D eigenvalue weighted by Gasteiger charge is 2.53. The van der Waals surface area contributed by atoms with Gasteiger partial charge in [-0.3, -0.25) is 10.2 Å². The Hall–Kier alpha value is -0.120. The van der Waals surface area contributed by atoms with Gasteiger partial charge in [0, 0.05) is 18.6 Å². The molecular formula is C17H31N3. The van der Waals surface area contributed by atoms with E-state index < -0.39 is 0 Å². The van der Waals surface area contributed by atoms with Crippen LogP contribution in [0.5, 0.6) is 0 Å². The van der Waals surface area contributed by atoms with Gasteiger partial charge in [0.2, 0.25) is 0 Å². The van der Waals surface area contributed by atoms with Crippen LogP contribution >= 0.6 is 0 Å². The molecule has 0 radical (unpaired) electrons. The quantitative estimate of drug-likeness (QED) is 0.807. The fourth-order valence-corrected chi connectivity index (χ4v) is 5.94. The summed E-state index contributed by atoms with van der Waals surface area (Å²) in [6.45, 7) is 10.9. The number of rotatable bonds is 2. The molecule has 4 rings (SSSR count). The van der Waals surface area contributed by atoms with Crippen LogP contribution in [0.2, 0.25) is 0 Å². The van der Waals surface area contributed by atoms with Gasteiger partial charge in [0.05, 0.1) is 6.17 Å². The zero-order valence-corrected chi connectivity index (χ0v) is 13.3. The number of nitrogens with one attached hydrogen (secondary N) is 2. The van der Waals surface area contributed by atoms with Crippen LogP contribution in [-0.2, 0) is 0 Å². The second-order valence-electron chi connectivity index (χ2n) is 8.32. The summed E-state index contributed by atoms with van der Waals surface area (Å²) >= 11 is 0. The molecule has 2 saturated carbocycles. The summed E-state index contributed by atoms with van der Waals surface area (Å²) in [4.78, 5) is 2.78. The topological polar surface area (TPSA) is 27.3 Å². The van der Waals surface area contributed by atoms with Gasteiger partial charge in [0.1, 0.15) is 0 Å². The lowest BCUT2D eigenvalue weighted by atomic mass is 9.72. The first-order valence-electron chi connectivity index (χ1n) is 8.86. The van der Waals surface area contributed by atoms with Gasteiger partial charge < -0.3 is 5.32 Å². The molecule has 3 heteroatoms. The third-order valence-electron chi connectivity index (χ3n) is 6.64. The Morgan fingerprint density at radius 3 is 2.45 bits per heavy atom. The van der Waals surface area contributed by atoms with Crippen LogP contribution in [0.15, 0.2) is 0 Å². The van der Waals surface area contributed by atoms with Crippen molar-refractivity contribution in [2.45, 2.75) is 58.3 Å². The third kappa shape index (κ3) is 2.05. The summed E-state index contributed by atoms with van der Waals surface area (Å²) in [6.07, 6.45) is 5.00. The molecule has 2 aliphatic carbocycles. The van der Waals surface area contributed by atoms with Crippen LogP contribution in [0.3, 0.4) is 0 Å². The van der Waals surface area contributed by atoms with E-state index in [4.69, 9.17) is 0 Å². The van der Waals surface area contributed by atoms with E-state index in [1.165, 1.54) is 38.9 Å². The minimum atomic E-state index is 0.587. The summed E-state index contributed by atoms with van der Waals surface area (Å²) in [5, 5.41) is 7.60. The van der Waals surface area contributed by atoms with E-state index in [2.05, 4.69) is 36.3 Å². The molecule has 0 spiro atoms. The fourth-order valence-electron chi connectivity index (χ4n) is 5.94. The molecule has 20 heavy (non-hydrogen) atoms. The van der Waals surface area contributed by atoms with Gasteiger partial charge in [0.15, 0.2) is 0 Å². The smallest absolute Gasteiger partial charge is 0.0573 e. The molecule has 2 aliphatic heterocycles. The molecule has 0 aromatic heterocycles. The number of fused-ring (bicyclic) bond motifs is 6. The van der Waals surface area contributed by atoms with Crippen LogP contribution in [0, 0.1) is 29.6 Å². The maximum absolute atomic E-state index is 3.91. The molecule has 2 N–H and O–H groups in total. The molecule has 4 fully saturated rings. The first kappa shape index (κ1) is 13.5. The normalized spacial score (nSPS) is 51.3. The lowest BCUT2D eigenvalue weighted by Crippen LogP contribution is -2.46. The number of nitrogens with zero attached hydrogens (tertiary/aromatic N) is 1. The van der Waals surface area contributed by atoms with Crippen LogP contribution in [0.25, 0.3) is 0 Å². The zero-order valence-electron chi connectivity index (χ0n) is 13.3. The molecule has 0 amide bonds. The lowest BCUT2D eigenvalue weighted by molar-refractivity contribution is 0.0986. The Labute approximate surface area is 123 Å². The van der Waals surface area contributed by atoms with Gasteiger partial charge >= 0.3 is 0 Å². The van der Waals surface area contributed by atoms with Crippen molar-refractivity contribution in [3.8, 4) is 0 Å². The van der Waals surface area contributed by atoms with E-state index in [-0.39, 0.29) is 0 Å². The molecule has 2 heterocycles. The Bertz CT molecular complexity index is 369. The largest absolute Gasteiger partial charge is 0.316 e. The summed E-state index contributed by atoms with van der Waals surface area (Å²) < 4.78 is 0. The summed E-state index contributed by atoms with van der Waals surface area (Å²) in [7, 11) is 0. The average molecular weight is 277 g/mol. The average Bonchev–Trinajstić information content (AvgIpc) is 2.84. The van der Waals surface area contributed by atoms with E-state index >= 15 is 0 Å². The van der Waals surface area contributed by atoms with Crippen molar-refractivity contribution in [1.82, 2.24) is 15.5 Å². The molecule has 7 unspecified atom stereocenters. The first-order chi connectivity index (χ1) is 9.63. The minimum absolute atomic E-state index is 0.587.